The molecule has 0 bridgehead atoms. The Morgan fingerprint density at radius 3 is 2.70 bits per heavy atom. The maximum atomic E-state index is 12.9. The second-order valence-corrected chi connectivity index (χ2v) is 6.01. The van der Waals surface area contributed by atoms with Crippen LogP contribution in [0.5, 0.6) is 0 Å². The normalized spacial score (nSPS) is 23.2. The van der Waals surface area contributed by atoms with Crippen molar-refractivity contribution in [1.82, 2.24) is 10.2 Å². The van der Waals surface area contributed by atoms with Crippen molar-refractivity contribution in [3.8, 4) is 0 Å². The first-order chi connectivity index (χ1) is 9.69. The first kappa shape index (κ1) is 15.5. The molecule has 112 valence electrons. The smallest absolute Gasteiger partial charge is 0.123 e. The molecule has 0 saturated heterocycles. The summed E-state index contributed by atoms with van der Waals surface area (Å²) in [6.07, 6.45) is 6.33. The summed E-state index contributed by atoms with van der Waals surface area (Å²) in [4.78, 5) is 2.42. The van der Waals surface area contributed by atoms with Crippen LogP contribution < -0.4 is 5.32 Å². The largest absolute Gasteiger partial charge is 0.314 e. The summed E-state index contributed by atoms with van der Waals surface area (Å²) in [6.45, 7) is 4.25. The van der Waals surface area contributed by atoms with Crippen LogP contribution in [0.1, 0.15) is 44.6 Å². The van der Waals surface area contributed by atoms with Crippen LogP contribution in [0.2, 0.25) is 0 Å². The van der Waals surface area contributed by atoms with Gasteiger partial charge < -0.3 is 5.32 Å². The van der Waals surface area contributed by atoms with Crippen molar-refractivity contribution in [2.45, 2.75) is 57.7 Å². The first-order valence-corrected chi connectivity index (χ1v) is 7.87. The van der Waals surface area contributed by atoms with Crippen LogP contribution in [0, 0.1) is 5.82 Å². The van der Waals surface area contributed by atoms with E-state index >= 15 is 0 Å². The molecule has 2 atom stereocenters. The summed E-state index contributed by atoms with van der Waals surface area (Å²) in [7, 11) is 2.19. The zero-order valence-corrected chi connectivity index (χ0v) is 12.7. The van der Waals surface area contributed by atoms with E-state index in [1.54, 1.807) is 12.1 Å². The third-order valence-electron chi connectivity index (χ3n) is 4.30. The van der Waals surface area contributed by atoms with Gasteiger partial charge in [0.1, 0.15) is 5.82 Å². The summed E-state index contributed by atoms with van der Waals surface area (Å²) in [5, 5.41) is 3.65. The van der Waals surface area contributed by atoms with Gasteiger partial charge in [-0.25, -0.2) is 4.39 Å². The fourth-order valence-corrected chi connectivity index (χ4v) is 3.11. The van der Waals surface area contributed by atoms with Crippen LogP contribution in [0.4, 0.5) is 4.39 Å². The van der Waals surface area contributed by atoms with Gasteiger partial charge in [0, 0.05) is 18.6 Å². The molecule has 1 fully saturated rings. The van der Waals surface area contributed by atoms with E-state index in [-0.39, 0.29) is 5.82 Å². The minimum Gasteiger partial charge on any atom is -0.314 e. The summed E-state index contributed by atoms with van der Waals surface area (Å²) in [5.41, 5.74) is 1.19. The molecule has 2 rings (SSSR count). The highest BCUT2D eigenvalue weighted by Crippen LogP contribution is 2.23. The molecule has 20 heavy (non-hydrogen) atoms. The molecule has 0 spiro atoms. The fraction of sp³-hybridized carbons (Fsp3) is 0.647. The summed E-state index contributed by atoms with van der Waals surface area (Å²) < 4.78 is 12.9. The Bertz CT molecular complexity index is 390. The van der Waals surface area contributed by atoms with Gasteiger partial charge in [-0.2, -0.15) is 0 Å². The van der Waals surface area contributed by atoms with Gasteiger partial charge in [-0.1, -0.05) is 25.5 Å². The molecule has 0 amide bonds. The van der Waals surface area contributed by atoms with Crippen LogP contribution in [-0.2, 0) is 6.54 Å². The van der Waals surface area contributed by atoms with Gasteiger partial charge >= 0.3 is 0 Å². The van der Waals surface area contributed by atoms with Gasteiger partial charge in [0.25, 0.3) is 0 Å². The van der Waals surface area contributed by atoms with Gasteiger partial charge in [-0.15, -0.1) is 0 Å². The maximum Gasteiger partial charge on any atom is 0.123 e. The first-order valence-electron chi connectivity index (χ1n) is 7.87. The third-order valence-corrected chi connectivity index (χ3v) is 4.30. The minimum absolute atomic E-state index is 0.155. The van der Waals surface area contributed by atoms with Gasteiger partial charge in [-0.3, -0.25) is 4.90 Å². The highest BCUT2D eigenvalue weighted by molar-refractivity contribution is 5.16. The SMILES string of the molecule is CCCNC1CCCC(N(C)Cc2ccc(F)cc2)C1. The standard InChI is InChI=1S/C17H27FN2/c1-3-11-19-16-5-4-6-17(12-16)20(2)13-14-7-9-15(18)10-8-14/h7-10,16-17,19H,3-6,11-13H2,1-2H3. The van der Waals surface area contributed by atoms with Gasteiger partial charge in [0.15, 0.2) is 0 Å². The van der Waals surface area contributed by atoms with E-state index in [0.717, 1.165) is 13.1 Å². The lowest BCUT2D eigenvalue weighted by Gasteiger charge is -2.36. The second kappa shape index (κ2) is 7.75. The lowest BCUT2D eigenvalue weighted by atomic mass is 9.90. The van der Waals surface area contributed by atoms with Crippen molar-refractivity contribution in [3.63, 3.8) is 0 Å². The topological polar surface area (TPSA) is 15.3 Å². The molecule has 1 aromatic rings. The predicted molar refractivity (Wildman–Crippen MR) is 82.2 cm³/mol. The molecule has 1 aliphatic carbocycles. The van der Waals surface area contributed by atoms with E-state index < -0.39 is 0 Å². The monoisotopic (exact) mass is 278 g/mol. The Labute approximate surface area is 122 Å². The van der Waals surface area contributed by atoms with Gasteiger partial charge in [-0.05, 0) is 57.0 Å². The quantitative estimate of drug-likeness (QED) is 0.856. The third kappa shape index (κ3) is 4.57. The molecule has 1 saturated carbocycles. The van der Waals surface area contributed by atoms with Crippen LogP contribution in [0.3, 0.4) is 0 Å². The number of hydrogen-bond acceptors (Lipinski definition) is 2. The Balaban J connectivity index is 1.84. The number of hydrogen-bond donors (Lipinski definition) is 1. The molecule has 2 nitrogen and oxygen atoms in total. The molecule has 0 heterocycles. The highest BCUT2D eigenvalue weighted by atomic mass is 19.1. The van der Waals surface area contributed by atoms with E-state index in [4.69, 9.17) is 0 Å². The van der Waals surface area contributed by atoms with Crippen molar-refractivity contribution < 1.29 is 4.39 Å². The molecule has 0 aliphatic heterocycles. The van der Waals surface area contributed by atoms with E-state index in [1.165, 1.54) is 37.7 Å². The number of nitrogens with one attached hydrogen (secondary N) is 1. The Hall–Kier alpha value is -0.930. The molecule has 3 heteroatoms. The zero-order valence-electron chi connectivity index (χ0n) is 12.7. The Morgan fingerprint density at radius 1 is 1.25 bits per heavy atom. The van der Waals surface area contributed by atoms with E-state index in [0.29, 0.717) is 12.1 Å². The average Bonchev–Trinajstić information content (AvgIpc) is 2.48. The zero-order chi connectivity index (χ0) is 14.4. The highest BCUT2D eigenvalue weighted by Gasteiger charge is 2.24. The lowest BCUT2D eigenvalue weighted by Crippen LogP contribution is -2.42. The summed E-state index contributed by atoms with van der Waals surface area (Å²) in [6, 6.07) is 8.20. The average molecular weight is 278 g/mol. The van der Waals surface area contributed by atoms with Crippen molar-refractivity contribution >= 4 is 0 Å². The molecular weight excluding hydrogens is 251 g/mol. The lowest BCUT2D eigenvalue weighted by molar-refractivity contribution is 0.163. The molecular formula is C17H27FN2. The summed E-state index contributed by atoms with van der Waals surface area (Å²) >= 11 is 0. The Kier molecular flexibility index (Phi) is 5.99. The van der Waals surface area contributed by atoms with Crippen LogP contribution >= 0.6 is 0 Å². The number of nitrogens with zero attached hydrogens (tertiary/aromatic N) is 1. The van der Waals surface area contributed by atoms with Gasteiger partial charge in [0.2, 0.25) is 0 Å². The molecule has 2 unspecified atom stereocenters. The van der Waals surface area contributed by atoms with Gasteiger partial charge in [0.05, 0.1) is 0 Å². The van der Waals surface area contributed by atoms with Crippen molar-refractivity contribution in [2.24, 2.45) is 0 Å². The maximum absolute atomic E-state index is 12.9. The van der Waals surface area contributed by atoms with Crippen molar-refractivity contribution in [2.75, 3.05) is 13.6 Å². The molecule has 1 aromatic carbocycles. The molecule has 1 N–H and O–H groups in total. The Morgan fingerprint density at radius 2 is 2.00 bits per heavy atom. The minimum atomic E-state index is -0.155. The predicted octanol–water partition coefficient (Wildman–Crippen LogP) is 3.57. The van der Waals surface area contributed by atoms with E-state index in [1.807, 2.05) is 12.1 Å². The van der Waals surface area contributed by atoms with Crippen molar-refractivity contribution in [3.05, 3.63) is 35.6 Å². The number of rotatable bonds is 6. The number of benzene rings is 1. The molecule has 0 aromatic heterocycles. The van der Waals surface area contributed by atoms with E-state index in [9.17, 15) is 4.39 Å². The van der Waals surface area contributed by atoms with Crippen LogP contribution in [0.15, 0.2) is 24.3 Å². The van der Waals surface area contributed by atoms with E-state index in [2.05, 4.69) is 24.2 Å². The van der Waals surface area contributed by atoms with Crippen molar-refractivity contribution in [1.29, 1.82) is 0 Å². The molecule has 1 aliphatic rings. The summed E-state index contributed by atoms with van der Waals surface area (Å²) in [5.74, 6) is -0.155. The van der Waals surface area contributed by atoms with Crippen LogP contribution in [-0.4, -0.2) is 30.6 Å². The van der Waals surface area contributed by atoms with Crippen LogP contribution in [0.25, 0.3) is 0 Å². The fourth-order valence-electron chi connectivity index (χ4n) is 3.11. The number of halogens is 1. The molecule has 0 radical (unpaired) electrons. The second-order valence-electron chi connectivity index (χ2n) is 6.01.